The van der Waals surface area contributed by atoms with Crippen LogP contribution in [0.4, 0.5) is 26.3 Å². The van der Waals surface area contributed by atoms with Crippen molar-refractivity contribution in [2.75, 3.05) is 13.6 Å². The molecular weight excluding hydrogens is 524 g/mol. The van der Waals surface area contributed by atoms with Crippen LogP contribution in [0.15, 0.2) is 30.6 Å². The van der Waals surface area contributed by atoms with Crippen LogP contribution in [0.1, 0.15) is 62.4 Å². The summed E-state index contributed by atoms with van der Waals surface area (Å²) in [4.78, 5) is 39.9. The van der Waals surface area contributed by atoms with Gasteiger partial charge in [-0.3, -0.25) is 14.6 Å². The number of carbonyl (C=O) groups excluding carboxylic acids is 2. The van der Waals surface area contributed by atoms with Gasteiger partial charge in [-0.1, -0.05) is 0 Å². The highest BCUT2D eigenvalue weighted by molar-refractivity contribution is 7.16. The van der Waals surface area contributed by atoms with Gasteiger partial charge in [0, 0.05) is 25.4 Å². The number of carbonyl (C=O) groups is 2. The van der Waals surface area contributed by atoms with Gasteiger partial charge in [0.15, 0.2) is 0 Å². The number of thiazole rings is 1. The third kappa shape index (κ3) is 6.42. The van der Waals surface area contributed by atoms with E-state index in [1.807, 2.05) is 0 Å². The van der Waals surface area contributed by atoms with Gasteiger partial charge in [-0.2, -0.15) is 26.3 Å². The van der Waals surface area contributed by atoms with Crippen molar-refractivity contribution in [2.45, 2.75) is 39.2 Å². The molecule has 37 heavy (non-hydrogen) atoms. The largest absolute Gasteiger partial charge is 0.416 e. The Bertz CT molecular complexity index is 1290. The predicted molar refractivity (Wildman–Crippen MR) is 123 cm³/mol. The van der Waals surface area contributed by atoms with E-state index in [0.29, 0.717) is 34.3 Å². The maximum absolute atomic E-state index is 13.2. The minimum Gasteiger partial charge on any atom is -0.344 e. The van der Waals surface area contributed by atoms with Crippen molar-refractivity contribution in [3.05, 3.63) is 63.5 Å². The molecule has 0 unspecified atom stereocenters. The molecule has 2 heterocycles. The zero-order valence-electron chi connectivity index (χ0n) is 20.0. The van der Waals surface area contributed by atoms with Crippen LogP contribution < -0.4 is 5.32 Å². The third-order valence-electron chi connectivity index (χ3n) is 5.27. The van der Waals surface area contributed by atoms with Crippen LogP contribution in [-0.2, 0) is 12.4 Å². The summed E-state index contributed by atoms with van der Waals surface area (Å²) in [6.45, 7) is 5.37. The minimum absolute atomic E-state index is 0.0545. The monoisotopic (exact) mass is 545 g/mol. The van der Waals surface area contributed by atoms with Gasteiger partial charge in [0.1, 0.15) is 15.6 Å². The standard InChI is InChI=1S/C23H21F6N5O2S/c1-5-34(4)21(36)16-10-31-20(37-16)18-17(30-9-11(2)32-18)12(3)33-19(35)13-6-14(22(24,25)26)8-15(7-13)23(27,28)29/h6-10,12H,5H2,1-4H3,(H,33,35)/t12-/m0/s1. The first-order chi connectivity index (χ1) is 17.1. The molecule has 198 valence electrons. The van der Waals surface area contributed by atoms with Gasteiger partial charge >= 0.3 is 12.4 Å². The van der Waals surface area contributed by atoms with E-state index >= 15 is 0 Å². The molecule has 0 aliphatic rings. The van der Waals surface area contributed by atoms with Gasteiger partial charge < -0.3 is 10.2 Å². The summed E-state index contributed by atoms with van der Waals surface area (Å²) in [6.07, 6.45) is -7.43. The summed E-state index contributed by atoms with van der Waals surface area (Å²) in [6, 6.07) is -0.341. The number of halogens is 6. The summed E-state index contributed by atoms with van der Waals surface area (Å²) in [5.74, 6) is -1.43. The molecule has 7 nitrogen and oxygen atoms in total. The number of hydrogen-bond acceptors (Lipinski definition) is 6. The molecule has 0 radical (unpaired) electrons. The number of rotatable bonds is 6. The van der Waals surface area contributed by atoms with Gasteiger partial charge in [0.25, 0.3) is 11.8 Å². The lowest BCUT2D eigenvalue weighted by Gasteiger charge is -2.18. The van der Waals surface area contributed by atoms with Crippen molar-refractivity contribution in [3.8, 4) is 10.7 Å². The van der Waals surface area contributed by atoms with Crippen molar-refractivity contribution < 1.29 is 35.9 Å². The Hall–Kier alpha value is -3.55. The van der Waals surface area contributed by atoms with Gasteiger partial charge in [-0.25, -0.2) is 9.97 Å². The van der Waals surface area contributed by atoms with Crippen molar-refractivity contribution >= 4 is 23.2 Å². The summed E-state index contributed by atoms with van der Waals surface area (Å²) >= 11 is 1.04. The van der Waals surface area contributed by atoms with Gasteiger partial charge in [-0.15, -0.1) is 11.3 Å². The van der Waals surface area contributed by atoms with Crippen LogP contribution in [0.25, 0.3) is 10.7 Å². The van der Waals surface area contributed by atoms with Crippen LogP contribution in [0.3, 0.4) is 0 Å². The molecule has 14 heteroatoms. The smallest absolute Gasteiger partial charge is 0.344 e. The molecule has 0 fully saturated rings. The van der Waals surface area contributed by atoms with Crippen LogP contribution in [0, 0.1) is 6.92 Å². The zero-order valence-corrected chi connectivity index (χ0v) is 20.8. The summed E-state index contributed by atoms with van der Waals surface area (Å²) in [7, 11) is 1.62. The molecule has 0 aliphatic heterocycles. The van der Waals surface area contributed by atoms with Crippen LogP contribution in [0.2, 0.25) is 0 Å². The molecular formula is C23H21F6N5O2S. The van der Waals surface area contributed by atoms with E-state index in [1.54, 1.807) is 20.9 Å². The summed E-state index contributed by atoms with van der Waals surface area (Å²) < 4.78 is 79.1. The second kappa shape index (κ2) is 10.4. The number of hydrogen-bond donors (Lipinski definition) is 1. The Morgan fingerprint density at radius 3 is 2.16 bits per heavy atom. The Morgan fingerprint density at radius 1 is 1.03 bits per heavy atom. The molecule has 0 aliphatic carbocycles. The fourth-order valence-corrected chi connectivity index (χ4v) is 4.12. The van der Waals surface area contributed by atoms with E-state index < -0.39 is 41.0 Å². The van der Waals surface area contributed by atoms with Crippen LogP contribution in [-0.4, -0.2) is 45.3 Å². The van der Waals surface area contributed by atoms with E-state index in [-0.39, 0.29) is 23.4 Å². The van der Waals surface area contributed by atoms with E-state index in [9.17, 15) is 35.9 Å². The summed E-state index contributed by atoms with van der Waals surface area (Å²) in [5, 5.41) is 2.69. The molecule has 3 aromatic rings. The molecule has 0 saturated carbocycles. The number of aryl methyl sites for hydroxylation is 1. The molecule has 1 N–H and O–H groups in total. The minimum atomic E-state index is -5.09. The molecule has 2 aromatic heterocycles. The number of aromatic nitrogens is 3. The van der Waals surface area contributed by atoms with E-state index in [1.165, 1.54) is 24.2 Å². The maximum Gasteiger partial charge on any atom is 0.416 e. The molecule has 2 amide bonds. The number of alkyl halides is 6. The average molecular weight is 546 g/mol. The Balaban J connectivity index is 1.95. The van der Waals surface area contributed by atoms with Crippen molar-refractivity contribution in [3.63, 3.8) is 0 Å². The second-order valence-electron chi connectivity index (χ2n) is 8.08. The first-order valence-corrected chi connectivity index (χ1v) is 11.6. The number of amides is 2. The maximum atomic E-state index is 13.2. The Labute approximate surface area is 211 Å². The Morgan fingerprint density at radius 2 is 1.62 bits per heavy atom. The highest BCUT2D eigenvalue weighted by Gasteiger charge is 2.37. The SMILES string of the molecule is CCN(C)C(=O)c1cnc(-c2nc(C)cnc2[C@H](C)NC(=O)c2cc(C(F)(F)F)cc(C(F)(F)F)c2)s1. The first-order valence-electron chi connectivity index (χ1n) is 10.8. The van der Waals surface area contributed by atoms with E-state index in [0.717, 1.165) is 11.3 Å². The molecule has 0 bridgehead atoms. The lowest BCUT2D eigenvalue weighted by atomic mass is 10.0. The van der Waals surface area contributed by atoms with Crippen molar-refractivity contribution in [1.82, 2.24) is 25.2 Å². The fraction of sp³-hybridized carbons (Fsp3) is 0.348. The van der Waals surface area contributed by atoms with E-state index in [4.69, 9.17) is 0 Å². The number of benzene rings is 1. The quantitative estimate of drug-likeness (QED) is 0.412. The fourth-order valence-electron chi connectivity index (χ4n) is 3.21. The lowest BCUT2D eigenvalue weighted by Crippen LogP contribution is -2.28. The molecule has 1 aromatic carbocycles. The van der Waals surface area contributed by atoms with Crippen molar-refractivity contribution in [2.24, 2.45) is 0 Å². The molecule has 3 rings (SSSR count). The van der Waals surface area contributed by atoms with Crippen LogP contribution >= 0.6 is 11.3 Å². The highest BCUT2D eigenvalue weighted by atomic mass is 32.1. The van der Waals surface area contributed by atoms with Gasteiger partial charge in [-0.05, 0) is 39.0 Å². The topological polar surface area (TPSA) is 88.1 Å². The van der Waals surface area contributed by atoms with Crippen molar-refractivity contribution in [1.29, 1.82) is 0 Å². The van der Waals surface area contributed by atoms with Gasteiger partial charge in [0.05, 0.1) is 34.8 Å². The second-order valence-corrected chi connectivity index (χ2v) is 9.11. The number of nitrogens with zero attached hydrogens (tertiary/aromatic N) is 4. The summed E-state index contributed by atoms with van der Waals surface area (Å²) in [5.41, 5.74) is -3.16. The normalized spacial score (nSPS) is 12.8. The Kier molecular flexibility index (Phi) is 7.91. The van der Waals surface area contributed by atoms with Crippen LogP contribution in [0.5, 0.6) is 0 Å². The molecule has 0 saturated heterocycles. The molecule has 1 atom stereocenters. The number of nitrogens with one attached hydrogen (secondary N) is 1. The zero-order chi connectivity index (χ0) is 27.7. The highest BCUT2D eigenvalue weighted by Crippen LogP contribution is 2.36. The lowest BCUT2D eigenvalue weighted by molar-refractivity contribution is -0.143. The van der Waals surface area contributed by atoms with E-state index in [2.05, 4.69) is 20.3 Å². The average Bonchev–Trinajstić information content (AvgIpc) is 3.31. The predicted octanol–water partition coefficient (Wildman–Crippen LogP) is 5.53. The van der Waals surface area contributed by atoms with Gasteiger partial charge in [0.2, 0.25) is 0 Å². The third-order valence-corrected chi connectivity index (χ3v) is 6.26. The first kappa shape index (κ1) is 28.0. The molecule has 0 spiro atoms.